The number of aromatic nitrogens is 3. The highest BCUT2D eigenvalue weighted by Gasteiger charge is 2.33. The second kappa shape index (κ2) is 9.80. The highest BCUT2D eigenvalue weighted by atomic mass is 19.4. The van der Waals surface area contributed by atoms with E-state index >= 15 is 0 Å². The van der Waals surface area contributed by atoms with E-state index in [2.05, 4.69) is 25.6 Å². The average Bonchev–Trinajstić information content (AvgIpc) is 3.28. The van der Waals surface area contributed by atoms with Crippen LogP contribution in [0.1, 0.15) is 23.4 Å². The zero-order chi connectivity index (χ0) is 26.1. The first kappa shape index (κ1) is 25.5. The second-order valence-corrected chi connectivity index (χ2v) is 8.12. The van der Waals surface area contributed by atoms with Crippen molar-refractivity contribution in [3.63, 3.8) is 0 Å². The number of hydrogen-bond donors (Lipinski definition) is 2. The number of carbonyl (C=O) groups is 1. The minimum atomic E-state index is -4.64. The third kappa shape index (κ3) is 5.96. The average molecular weight is 513 g/mol. The van der Waals surface area contributed by atoms with Crippen LogP contribution in [0.15, 0.2) is 48.8 Å². The van der Waals surface area contributed by atoms with Crippen molar-refractivity contribution in [3.05, 3.63) is 65.7 Å². The summed E-state index contributed by atoms with van der Waals surface area (Å²) in [4.78, 5) is 23.5. The van der Waals surface area contributed by atoms with Gasteiger partial charge in [0.1, 0.15) is 17.6 Å². The van der Waals surface area contributed by atoms with E-state index in [1.54, 1.807) is 0 Å². The number of amides is 1. The highest BCUT2D eigenvalue weighted by molar-refractivity contribution is 5.82. The molecular formula is C23H18F7N5O. The van der Waals surface area contributed by atoms with Crippen LogP contribution in [0, 0.1) is 0 Å². The predicted molar refractivity (Wildman–Crippen MR) is 114 cm³/mol. The number of carbonyl (C=O) groups excluding carboxylic acids is 1. The van der Waals surface area contributed by atoms with Gasteiger partial charge in [0.25, 0.3) is 0 Å². The molecule has 1 saturated heterocycles. The molecule has 1 fully saturated rings. The van der Waals surface area contributed by atoms with Gasteiger partial charge in [0, 0.05) is 43.0 Å². The van der Waals surface area contributed by atoms with E-state index in [0.29, 0.717) is 5.56 Å². The Morgan fingerprint density at radius 1 is 0.917 bits per heavy atom. The Labute approximate surface area is 200 Å². The van der Waals surface area contributed by atoms with E-state index in [0.717, 1.165) is 24.5 Å². The van der Waals surface area contributed by atoms with Crippen molar-refractivity contribution in [2.75, 3.05) is 6.54 Å². The molecule has 4 heterocycles. The number of nitrogens with one attached hydrogen (secondary N) is 2. The Morgan fingerprint density at radius 3 is 1.83 bits per heavy atom. The molecule has 0 radical (unpaired) electrons. The number of halogens is 7. The molecular weight excluding hydrogens is 495 g/mol. The van der Waals surface area contributed by atoms with Crippen molar-refractivity contribution in [1.29, 1.82) is 0 Å². The maximum Gasteiger partial charge on any atom is 0.433 e. The minimum Gasteiger partial charge on any atom is -0.351 e. The van der Waals surface area contributed by atoms with Crippen molar-refractivity contribution in [2.24, 2.45) is 0 Å². The van der Waals surface area contributed by atoms with Crippen molar-refractivity contribution in [3.8, 4) is 22.5 Å². The quantitative estimate of drug-likeness (QED) is 0.489. The van der Waals surface area contributed by atoms with Gasteiger partial charge in [-0.3, -0.25) is 14.8 Å². The van der Waals surface area contributed by atoms with Crippen LogP contribution >= 0.6 is 0 Å². The summed E-state index contributed by atoms with van der Waals surface area (Å²) in [5, 5.41) is 5.40. The van der Waals surface area contributed by atoms with Crippen molar-refractivity contribution < 1.29 is 35.5 Å². The van der Waals surface area contributed by atoms with E-state index in [4.69, 9.17) is 0 Å². The van der Waals surface area contributed by atoms with Crippen LogP contribution in [0.5, 0.6) is 0 Å². The van der Waals surface area contributed by atoms with Crippen LogP contribution in [0.4, 0.5) is 30.7 Å². The Morgan fingerprint density at radius 2 is 1.44 bits per heavy atom. The fourth-order valence-electron chi connectivity index (χ4n) is 3.62. The standard InChI is InChI=1S/C23H18F7N5O/c24-15-7-18(31-11-15)21(36)34-8-12-5-16(13-1-3-19(32-9-13)22(25,26)27)35-17(6-12)14-2-4-20(33-10-14)23(28,29)30/h1-6,9-10,15,18,31H,7-8,11H2,(H,34,36). The highest BCUT2D eigenvalue weighted by Crippen LogP contribution is 2.31. The lowest BCUT2D eigenvalue weighted by Gasteiger charge is -2.14. The monoisotopic (exact) mass is 513 g/mol. The summed E-state index contributed by atoms with van der Waals surface area (Å²) in [7, 11) is 0. The maximum absolute atomic E-state index is 13.4. The van der Waals surface area contributed by atoms with E-state index < -0.39 is 41.9 Å². The van der Waals surface area contributed by atoms with Gasteiger partial charge in [-0.2, -0.15) is 26.3 Å². The van der Waals surface area contributed by atoms with Crippen LogP contribution in [0.2, 0.25) is 0 Å². The van der Waals surface area contributed by atoms with Crippen molar-refractivity contribution >= 4 is 5.91 Å². The van der Waals surface area contributed by atoms with E-state index in [1.165, 1.54) is 24.3 Å². The molecule has 1 aliphatic heterocycles. The molecule has 2 atom stereocenters. The van der Waals surface area contributed by atoms with Crippen molar-refractivity contribution in [1.82, 2.24) is 25.6 Å². The maximum atomic E-state index is 13.4. The SMILES string of the molecule is O=C(NCc1cc(-c2ccc(C(F)(F)F)nc2)nc(-c2ccc(C(F)(F)F)nc2)c1)C1CC(F)CN1. The van der Waals surface area contributed by atoms with Gasteiger partial charge in [-0.25, -0.2) is 9.37 Å². The normalized spacial score (nSPS) is 18.3. The summed E-state index contributed by atoms with van der Waals surface area (Å²) in [5.41, 5.74) is -0.946. The van der Waals surface area contributed by atoms with Gasteiger partial charge in [-0.15, -0.1) is 0 Å². The summed E-state index contributed by atoms with van der Waals surface area (Å²) < 4.78 is 90.7. The van der Waals surface area contributed by atoms with Crippen LogP contribution in [-0.4, -0.2) is 39.6 Å². The molecule has 0 aromatic carbocycles. The molecule has 0 saturated carbocycles. The third-order valence-electron chi connectivity index (χ3n) is 5.44. The van der Waals surface area contributed by atoms with Gasteiger partial charge in [-0.05, 0) is 42.0 Å². The zero-order valence-electron chi connectivity index (χ0n) is 18.3. The molecule has 36 heavy (non-hydrogen) atoms. The smallest absolute Gasteiger partial charge is 0.351 e. The summed E-state index contributed by atoms with van der Waals surface area (Å²) in [6.45, 7) is 0.0160. The van der Waals surface area contributed by atoms with E-state index in [9.17, 15) is 35.5 Å². The molecule has 190 valence electrons. The molecule has 6 nitrogen and oxygen atoms in total. The van der Waals surface area contributed by atoms with Gasteiger partial charge < -0.3 is 10.6 Å². The minimum absolute atomic E-state index is 0.0210. The largest absolute Gasteiger partial charge is 0.433 e. The van der Waals surface area contributed by atoms with Gasteiger partial charge in [0.15, 0.2) is 0 Å². The molecule has 3 aromatic rings. The van der Waals surface area contributed by atoms with Crippen molar-refractivity contribution in [2.45, 2.75) is 37.5 Å². The Hall–Kier alpha value is -3.61. The summed E-state index contributed by atoms with van der Waals surface area (Å²) >= 11 is 0. The lowest BCUT2D eigenvalue weighted by molar-refractivity contribution is -0.141. The van der Waals surface area contributed by atoms with Gasteiger partial charge in [-0.1, -0.05) is 0 Å². The molecule has 1 aliphatic rings. The summed E-state index contributed by atoms with van der Waals surface area (Å²) in [5.74, 6) is -0.442. The van der Waals surface area contributed by atoms with Crippen LogP contribution in [0.3, 0.4) is 0 Å². The topological polar surface area (TPSA) is 79.8 Å². The zero-order valence-corrected chi connectivity index (χ0v) is 18.3. The molecule has 2 unspecified atom stereocenters. The number of hydrogen-bond acceptors (Lipinski definition) is 5. The van der Waals surface area contributed by atoms with Crippen LogP contribution < -0.4 is 10.6 Å². The summed E-state index contributed by atoms with van der Waals surface area (Å²) in [6, 6.07) is 6.20. The lowest BCUT2D eigenvalue weighted by atomic mass is 10.1. The Bertz CT molecular complexity index is 1150. The molecule has 0 spiro atoms. The fourth-order valence-corrected chi connectivity index (χ4v) is 3.62. The number of nitrogens with zero attached hydrogens (tertiary/aromatic N) is 3. The first-order valence-electron chi connectivity index (χ1n) is 10.6. The number of pyridine rings is 3. The van der Waals surface area contributed by atoms with E-state index in [-0.39, 0.29) is 42.0 Å². The molecule has 4 rings (SSSR count). The first-order chi connectivity index (χ1) is 16.9. The number of rotatable bonds is 5. The predicted octanol–water partition coefficient (Wildman–Crippen LogP) is 4.56. The molecule has 2 N–H and O–H groups in total. The molecule has 0 bridgehead atoms. The van der Waals surface area contributed by atoms with Gasteiger partial charge in [0.05, 0.1) is 17.4 Å². The van der Waals surface area contributed by atoms with Crippen LogP contribution in [0.25, 0.3) is 22.5 Å². The molecule has 0 aliphatic carbocycles. The van der Waals surface area contributed by atoms with Crippen LogP contribution in [-0.2, 0) is 23.7 Å². The first-order valence-corrected chi connectivity index (χ1v) is 10.6. The second-order valence-electron chi connectivity index (χ2n) is 8.12. The lowest BCUT2D eigenvalue weighted by Crippen LogP contribution is -2.40. The van der Waals surface area contributed by atoms with E-state index in [1.807, 2.05) is 0 Å². The number of alkyl halides is 7. The molecule has 3 aromatic heterocycles. The molecule has 13 heteroatoms. The van der Waals surface area contributed by atoms with Gasteiger partial charge >= 0.3 is 12.4 Å². The molecule has 1 amide bonds. The Balaban J connectivity index is 1.65. The summed E-state index contributed by atoms with van der Waals surface area (Å²) in [6.07, 6.45) is -8.44. The fraction of sp³-hybridized carbons (Fsp3) is 0.304. The Kier molecular flexibility index (Phi) is 6.94. The van der Waals surface area contributed by atoms with Gasteiger partial charge in [0.2, 0.25) is 5.91 Å². The third-order valence-corrected chi connectivity index (χ3v) is 5.44.